The third-order valence-corrected chi connectivity index (χ3v) is 7.09. The number of aromatic nitrogens is 2. The monoisotopic (exact) mass is 482 g/mol. The quantitative estimate of drug-likeness (QED) is 0.461. The molecule has 0 bridgehead atoms. The number of fused-ring (bicyclic) bond motifs is 1. The molecule has 3 aromatic rings. The first kappa shape index (κ1) is 24.1. The second-order valence-electron chi connectivity index (χ2n) is 8.21. The van der Waals surface area contributed by atoms with Crippen molar-refractivity contribution in [1.82, 2.24) is 20.4 Å². The Morgan fingerprint density at radius 2 is 1.97 bits per heavy atom. The maximum Gasteiger partial charge on any atom is 0.254 e. The molecule has 0 spiro atoms. The first-order chi connectivity index (χ1) is 16.5. The zero-order valence-corrected chi connectivity index (χ0v) is 20.8. The van der Waals surface area contributed by atoms with Crippen LogP contribution in [0.15, 0.2) is 40.0 Å². The number of carbonyl (C=O) groups excluding carboxylic acids is 1. The number of rotatable bonds is 9. The normalized spacial score (nSPS) is 13.4. The average Bonchev–Trinajstić information content (AvgIpc) is 3.18. The SMILES string of the molecule is COc1cc2c(cc1OC)CN(CCNC(=O)c1cccnc1SCc1c(C)noc1C)CC2. The summed E-state index contributed by atoms with van der Waals surface area (Å²) >= 11 is 1.52. The molecule has 8 nitrogen and oxygen atoms in total. The molecule has 0 saturated carbocycles. The number of hydrogen-bond donors (Lipinski definition) is 1. The van der Waals surface area contributed by atoms with Crippen LogP contribution in [-0.4, -0.2) is 54.8 Å². The van der Waals surface area contributed by atoms with Gasteiger partial charge in [-0.05, 0) is 55.7 Å². The van der Waals surface area contributed by atoms with Gasteiger partial charge in [-0.2, -0.15) is 0 Å². The van der Waals surface area contributed by atoms with Crippen molar-refractivity contribution in [2.24, 2.45) is 0 Å². The second kappa shape index (κ2) is 10.9. The highest BCUT2D eigenvalue weighted by atomic mass is 32.2. The van der Waals surface area contributed by atoms with Crippen LogP contribution in [0.4, 0.5) is 0 Å². The zero-order chi connectivity index (χ0) is 24.1. The number of aryl methyl sites for hydroxylation is 2. The number of nitrogens with one attached hydrogen (secondary N) is 1. The molecular weight excluding hydrogens is 452 g/mol. The maximum atomic E-state index is 12.9. The standard InChI is InChI=1S/C25H30N4O4S/c1-16-21(17(2)33-28-16)15-34-25-20(6-5-8-27-25)24(30)26-9-11-29-10-7-18-12-22(31-3)23(32-4)13-19(18)14-29/h5-6,8,12-13H,7,9-11,14-15H2,1-4H3,(H,26,30). The minimum Gasteiger partial charge on any atom is -0.493 e. The first-order valence-corrected chi connectivity index (χ1v) is 12.2. The third kappa shape index (κ3) is 5.37. The molecule has 0 unspecified atom stereocenters. The van der Waals surface area contributed by atoms with Gasteiger partial charge in [0.05, 0.1) is 25.5 Å². The highest BCUT2D eigenvalue weighted by molar-refractivity contribution is 7.98. The van der Waals surface area contributed by atoms with Gasteiger partial charge in [0.1, 0.15) is 10.8 Å². The summed E-state index contributed by atoms with van der Waals surface area (Å²) in [6.45, 7) is 6.89. The fourth-order valence-electron chi connectivity index (χ4n) is 4.08. The molecule has 9 heteroatoms. The van der Waals surface area contributed by atoms with Crippen molar-refractivity contribution < 1.29 is 18.8 Å². The van der Waals surface area contributed by atoms with Gasteiger partial charge in [0, 0.05) is 43.7 Å². The van der Waals surface area contributed by atoms with E-state index in [1.165, 1.54) is 22.9 Å². The van der Waals surface area contributed by atoms with E-state index >= 15 is 0 Å². The molecule has 3 heterocycles. The van der Waals surface area contributed by atoms with E-state index in [0.717, 1.165) is 54.6 Å². The minimum absolute atomic E-state index is 0.113. The van der Waals surface area contributed by atoms with Crippen LogP contribution in [0.1, 0.15) is 38.5 Å². The molecule has 1 amide bonds. The zero-order valence-electron chi connectivity index (χ0n) is 20.0. The summed E-state index contributed by atoms with van der Waals surface area (Å²) < 4.78 is 16.1. The highest BCUT2D eigenvalue weighted by Gasteiger charge is 2.20. The van der Waals surface area contributed by atoms with Crippen molar-refractivity contribution in [3.8, 4) is 11.5 Å². The van der Waals surface area contributed by atoms with Gasteiger partial charge in [-0.3, -0.25) is 9.69 Å². The van der Waals surface area contributed by atoms with Crippen LogP contribution in [0.5, 0.6) is 11.5 Å². The summed E-state index contributed by atoms with van der Waals surface area (Å²) in [6.07, 6.45) is 2.65. The van der Waals surface area contributed by atoms with Gasteiger partial charge in [-0.1, -0.05) is 5.16 Å². The Morgan fingerprint density at radius 3 is 2.68 bits per heavy atom. The fraction of sp³-hybridized carbons (Fsp3) is 0.400. The van der Waals surface area contributed by atoms with Crippen LogP contribution >= 0.6 is 11.8 Å². The molecule has 34 heavy (non-hydrogen) atoms. The highest BCUT2D eigenvalue weighted by Crippen LogP contribution is 2.33. The number of carbonyl (C=O) groups is 1. The largest absolute Gasteiger partial charge is 0.493 e. The first-order valence-electron chi connectivity index (χ1n) is 11.2. The molecule has 0 saturated heterocycles. The van der Waals surface area contributed by atoms with Crippen molar-refractivity contribution in [3.05, 3.63) is 64.2 Å². The maximum absolute atomic E-state index is 12.9. The van der Waals surface area contributed by atoms with E-state index in [9.17, 15) is 4.79 Å². The summed E-state index contributed by atoms with van der Waals surface area (Å²) in [5.74, 6) is 2.85. The molecule has 0 aliphatic carbocycles. The van der Waals surface area contributed by atoms with Crippen LogP contribution in [0, 0.1) is 13.8 Å². The smallest absolute Gasteiger partial charge is 0.254 e. The summed E-state index contributed by atoms with van der Waals surface area (Å²) in [7, 11) is 3.31. The lowest BCUT2D eigenvalue weighted by atomic mass is 9.99. The number of pyridine rings is 1. The molecule has 0 atom stereocenters. The van der Waals surface area contributed by atoms with Crippen LogP contribution in [0.25, 0.3) is 0 Å². The van der Waals surface area contributed by atoms with Crippen molar-refractivity contribution >= 4 is 17.7 Å². The van der Waals surface area contributed by atoms with Gasteiger partial charge in [0.25, 0.3) is 5.91 Å². The van der Waals surface area contributed by atoms with E-state index < -0.39 is 0 Å². The number of benzene rings is 1. The van der Waals surface area contributed by atoms with Gasteiger partial charge < -0.3 is 19.3 Å². The van der Waals surface area contributed by atoms with E-state index in [1.807, 2.05) is 19.9 Å². The molecule has 1 aliphatic rings. The van der Waals surface area contributed by atoms with Gasteiger partial charge in [-0.15, -0.1) is 11.8 Å². The Kier molecular flexibility index (Phi) is 7.74. The molecule has 180 valence electrons. The lowest BCUT2D eigenvalue weighted by Gasteiger charge is -2.29. The Morgan fingerprint density at radius 1 is 1.21 bits per heavy atom. The Bertz CT molecular complexity index is 1140. The van der Waals surface area contributed by atoms with E-state index in [1.54, 1.807) is 26.5 Å². The van der Waals surface area contributed by atoms with Gasteiger partial charge >= 0.3 is 0 Å². The second-order valence-corrected chi connectivity index (χ2v) is 9.17. The van der Waals surface area contributed by atoms with Crippen molar-refractivity contribution in [2.45, 2.75) is 37.6 Å². The minimum atomic E-state index is -0.113. The van der Waals surface area contributed by atoms with E-state index in [2.05, 4.69) is 32.5 Å². The van der Waals surface area contributed by atoms with E-state index in [0.29, 0.717) is 22.9 Å². The summed E-state index contributed by atoms with van der Waals surface area (Å²) in [5.41, 5.74) is 5.02. The lowest BCUT2D eigenvalue weighted by Crippen LogP contribution is -2.38. The Hall–Kier alpha value is -3.04. The van der Waals surface area contributed by atoms with Gasteiger partial charge in [0.2, 0.25) is 0 Å². The van der Waals surface area contributed by atoms with Crippen molar-refractivity contribution in [1.29, 1.82) is 0 Å². The number of nitrogens with zero attached hydrogens (tertiary/aromatic N) is 3. The molecular formula is C25H30N4O4S. The van der Waals surface area contributed by atoms with Crippen LogP contribution in [0.2, 0.25) is 0 Å². The third-order valence-electron chi connectivity index (χ3n) is 6.06. The molecule has 0 radical (unpaired) electrons. The van der Waals surface area contributed by atoms with E-state index in [4.69, 9.17) is 14.0 Å². The Balaban J connectivity index is 1.33. The molecule has 0 fully saturated rings. The van der Waals surface area contributed by atoms with E-state index in [-0.39, 0.29) is 5.91 Å². The molecule has 4 rings (SSSR count). The molecule has 2 aromatic heterocycles. The average molecular weight is 483 g/mol. The fourth-order valence-corrected chi connectivity index (χ4v) is 5.23. The van der Waals surface area contributed by atoms with Crippen LogP contribution in [-0.2, 0) is 18.7 Å². The number of thioether (sulfide) groups is 1. The number of methoxy groups -OCH3 is 2. The van der Waals surface area contributed by atoms with Gasteiger partial charge in [-0.25, -0.2) is 4.98 Å². The Labute approximate surface area is 204 Å². The van der Waals surface area contributed by atoms with Gasteiger partial charge in [0.15, 0.2) is 11.5 Å². The number of hydrogen-bond acceptors (Lipinski definition) is 8. The van der Waals surface area contributed by atoms with Crippen molar-refractivity contribution in [3.63, 3.8) is 0 Å². The molecule has 1 aliphatic heterocycles. The summed E-state index contributed by atoms with van der Waals surface area (Å²) in [4.78, 5) is 19.7. The number of ether oxygens (including phenoxy) is 2. The number of amides is 1. The predicted octanol–water partition coefficient (Wildman–Crippen LogP) is 3.78. The predicted molar refractivity (Wildman–Crippen MR) is 131 cm³/mol. The van der Waals surface area contributed by atoms with Crippen molar-refractivity contribution in [2.75, 3.05) is 33.9 Å². The van der Waals surface area contributed by atoms with Crippen LogP contribution in [0.3, 0.4) is 0 Å². The van der Waals surface area contributed by atoms with Crippen LogP contribution < -0.4 is 14.8 Å². The summed E-state index contributed by atoms with van der Waals surface area (Å²) in [6, 6.07) is 7.72. The lowest BCUT2D eigenvalue weighted by molar-refractivity contribution is 0.0943. The topological polar surface area (TPSA) is 89.7 Å². The molecule has 1 aromatic carbocycles. The molecule has 1 N–H and O–H groups in total. The summed E-state index contributed by atoms with van der Waals surface area (Å²) in [5, 5.41) is 7.76.